The topological polar surface area (TPSA) is 30.0 Å². The summed E-state index contributed by atoms with van der Waals surface area (Å²) in [6.45, 7) is 6.04. The van der Waals surface area contributed by atoms with Gasteiger partial charge in [-0.1, -0.05) is 13.8 Å². The molecule has 0 spiro atoms. The van der Waals surface area contributed by atoms with Gasteiger partial charge in [0.05, 0.1) is 9.88 Å². The van der Waals surface area contributed by atoms with Crippen LogP contribution in [0.1, 0.15) is 41.4 Å². The van der Waals surface area contributed by atoms with Crippen LogP contribution in [0.5, 0.6) is 0 Å². The Bertz CT molecular complexity index is 289. The van der Waals surface area contributed by atoms with Crippen LogP contribution in [0.25, 0.3) is 0 Å². The molecule has 0 aromatic carbocycles. The zero-order valence-corrected chi connectivity index (χ0v) is 9.15. The average Bonchev–Trinajstić information content (AvgIpc) is 2.54. The van der Waals surface area contributed by atoms with Gasteiger partial charge in [0.15, 0.2) is 5.78 Å². The first-order chi connectivity index (χ1) is 6.19. The molecule has 1 heterocycles. The van der Waals surface area contributed by atoms with Crippen LogP contribution in [0.15, 0.2) is 6.20 Å². The van der Waals surface area contributed by atoms with E-state index in [-0.39, 0.29) is 11.7 Å². The van der Waals surface area contributed by atoms with Crippen LogP contribution in [-0.4, -0.2) is 10.8 Å². The number of aryl methyl sites for hydroxylation is 1. The van der Waals surface area contributed by atoms with Crippen molar-refractivity contribution < 1.29 is 4.79 Å². The van der Waals surface area contributed by atoms with Crippen molar-refractivity contribution >= 4 is 17.1 Å². The van der Waals surface area contributed by atoms with Crippen LogP contribution < -0.4 is 0 Å². The van der Waals surface area contributed by atoms with E-state index in [0.717, 1.165) is 22.7 Å². The second-order valence-electron chi connectivity index (χ2n) is 3.12. The Hall–Kier alpha value is -0.700. The van der Waals surface area contributed by atoms with Gasteiger partial charge < -0.3 is 0 Å². The van der Waals surface area contributed by atoms with Crippen LogP contribution in [0, 0.1) is 12.8 Å². The molecule has 0 amide bonds. The summed E-state index contributed by atoms with van der Waals surface area (Å²) in [6, 6.07) is 0. The molecule has 0 fully saturated rings. The Morgan fingerprint density at radius 3 is 2.54 bits per heavy atom. The first-order valence-corrected chi connectivity index (χ1v) is 5.47. The number of carbonyl (C=O) groups excluding carboxylic acids is 1. The average molecular weight is 197 g/mol. The molecule has 1 rings (SSSR count). The Morgan fingerprint density at radius 2 is 2.15 bits per heavy atom. The summed E-state index contributed by atoms with van der Waals surface area (Å²) in [7, 11) is 0. The lowest BCUT2D eigenvalue weighted by molar-refractivity contribution is 0.0917. The third kappa shape index (κ3) is 2.37. The summed E-state index contributed by atoms with van der Waals surface area (Å²) in [4.78, 5) is 16.7. The molecule has 13 heavy (non-hydrogen) atoms. The van der Waals surface area contributed by atoms with Crippen molar-refractivity contribution in [3.8, 4) is 0 Å². The van der Waals surface area contributed by atoms with Crippen molar-refractivity contribution in [1.29, 1.82) is 0 Å². The molecule has 0 radical (unpaired) electrons. The van der Waals surface area contributed by atoms with Gasteiger partial charge in [0.25, 0.3) is 0 Å². The number of ketones is 1. The van der Waals surface area contributed by atoms with E-state index < -0.39 is 0 Å². The van der Waals surface area contributed by atoms with E-state index in [1.54, 1.807) is 6.20 Å². The zero-order valence-electron chi connectivity index (χ0n) is 8.33. The van der Waals surface area contributed by atoms with Crippen LogP contribution in [0.4, 0.5) is 0 Å². The Labute approximate surface area is 83.0 Å². The van der Waals surface area contributed by atoms with E-state index in [4.69, 9.17) is 0 Å². The van der Waals surface area contributed by atoms with Crippen molar-refractivity contribution in [3.63, 3.8) is 0 Å². The molecule has 1 aromatic heterocycles. The van der Waals surface area contributed by atoms with Gasteiger partial charge in [-0.2, -0.15) is 0 Å². The Balaban J connectivity index is 2.78. The molecule has 72 valence electrons. The van der Waals surface area contributed by atoms with E-state index in [1.807, 2.05) is 6.92 Å². The molecular weight excluding hydrogens is 182 g/mol. The first-order valence-electron chi connectivity index (χ1n) is 4.65. The number of nitrogens with zero attached hydrogens (tertiary/aromatic N) is 1. The third-order valence-corrected chi connectivity index (χ3v) is 3.15. The van der Waals surface area contributed by atoms with Gasteiger partial charge in [0, 0.05) is 12.1 Å². The molecule has 0 unspecified atom stereocenters. The Kier molecular flexibility index (Phi) is 3.60. The highest BCUT2D eigenvalue weighted by molar-refractivity contribution is 7.13. The first kappa shape index (κ1) is 10.4. The summed E-state index contributed by atoms with van der Waals surface area (Å²) in [5, 5.41) is 0.967. The van der Waals surface area contributed by atoms with Gasteiger partial charge in [0.2, 0.25) is 0 Å². The highest BCUT2D eigenvalue weighted by Gasteiger charge is 2.17. The fraction of sp³-hybridized carbons (Fsp3) is 0.600. The molecule has 0 atom stereocenters. The fourth-order valence-corrected chi connectivity index (χ4v) is 2.13. The van der Waals surface area contributed by atoms with Gasteiger partial charge in [-0.3, -0.25) is 4.79 Å². The number of carbonyl (C=O) groups is 1. The maximum absolute atomic E-state index is 11.8. The summed E-state index contributed by atoms with van der Waals surface area (Å²) >= 11 is 1.49. The molecule has 0 bridgehead atoms. The predicted octanol–water partition coefficient (Wildman–Crippen LogP) is 3.07. The molecule has 0 saturated carbocycles. The van der Waals surface area contributed by atoms with Crippen molar-refractivity contribution in [2.45, 2.75) is 33.6 Å². The number of Topliss-reactive ketones (excluding diaryl/α,β-unsaturated/α-hetero) is 1. The second-order valence-corrected chi connectivity index (χ2v) is 4.36. The molecule has 0 aliphatic heterocycles. The van der Waals surface area contributed by atoms with Crippen LogP contribution >= 0.6 is 11.3 Å². The van der Waals surface area contributed by atoms with E-state index in [2.05, 4.69) is 18.8 Å². The predicted molar refractivity (Wildman–Crippen MR) is 55.3 cm³/mol. The highest BCUT2D eigenvalue weighted by atomic mass is 32.1. The van der Waals surface area contributed by atoms with Crippen LogP contribution in [0.3, 0.4) is 0 Å². The Morgan fingerprint density at radius 1 is 1.54 bits per heavy atom. The van der Waals surface area contributed by atoms with E-state index in [1.165, 1.54) is 11.3 Å². The van der Waals surface area contributed by atoms with Crippen LogP contribution in [0.2, 0.25) is 0 Å². The monoisotopic (exact) mass is 197 g/mol. The molecular formula is C10H15NOS. The minimum atomic E-state index is 0.180. The van der Waals surface area contributed by atoms with Crippen molar-refractivity contribution in [3.05, 3.63) is 16.1 Å². The summed E-state index contributed by atoms with van der Waals surface area (Å²) in [6.07, 6.45) is 3.54. The molecule has 0 aliphatic carbocycles. The minimum Gasteiger partial charge on any atom is -0.293 e. The lowest BCUT2D eigenvalue weighted by Gasteiger charge is -2.07. The van der Waals surface area contributed by atoms with Gasteiger partial charge in [-0.15, -0.1) is 11.3 Å². The number of thiazole rings is 1. The van der Waals surface area contributed by atoms with Gasteiger partial charge >= 0.3 is 0 Å². The van der Waals surface area contributed by atoms with Gasteiger partial charge in [-0.05, 0) is 19.8 Å². The largest absolute Gasteiger partial charge is 0.293 e. The number of aromatic nitrogens is 1. The maximum Gasteiger partial charge on any atom is 0.177 e. The minimum absolute atomic E-state index is 0.180. The van der Waals surface area contributed by atoms with Crippen molar-refractivity contribution in [2.24, 2.45) is 5.92 Å². The van der Waals surface area contributed by atoms with E-state index in [9.17, 15) is 4.79 Å². The molecule has 1 aromatic rings. The van der Waals surface area contributed by atoms with E-state index in [0.29, 0.717) is 0 Å². The third-order valence-electron chi connectivity index (χ3n) is 2.22. The standard InChI is InChI=1S/C10H15NOS/c1-4-8(5-2)10(12)9-6-11-7(3)13-9/h6,8H,4-5H2,1-3H3. The van der Waals surface area contributed by atoms with Crippen molar-refractivity contribution in [1.82, 2.24) is 4.98 Å². The second kappa shape index (κ2) is 4.51. The summed E-state index contributed by atoms with van der Waals surface area (Å²) < 4.78 is 0. The number of hydrogen-bond acceptors (Lipinski definition) is 3. The molecule has 3 heteroatoms. The maximum atomic E-state index is 11.8. The molecule has 0 N–H and O–H groups in total. The van der Waals surface area contributed by atoms with Crippen molar-refractivity contribution in [2.75, 3.05) is 0 Å². The lowest BCUT2D eigenvalue weighted by atomic mass is 9.98. The normalized spacial score (nSPS) is 10.8. The zero-order chi connectivity index (χ0) is 9.84. The quantitative estimate of drug-likeness (QED) is 0.694. The summed E-state index contributed by atoms with van der Waals surface area (Å²) in [5.74, 6) is 0.440. The highest BCUT2D eigenvalue weighted by Crippen LogP contribution is 2.20. The van der Waals surface area contributed by atoms with Crippen LogP contribution in [-0.2, 0) is 0 Å². The number of hydrogen-bond donors (Lipinski definition) is 0. The SMILES string of the molecule is CCC(CC)C(=O)c1cnc(C)s1. The van der Waals surface area contributed by atoms with Gasteiger partial charge in [-0.25, -0.2) is 4.98 Å². The lowest BCUT2D eigenvalue weighted by Crippen LogP contribution is -2.11. The smallest absolute Gasteiger partial charge is 0.177 e. The van der Waals surface area contributed by atoms with Gasteiger partial charge in [0.1, 0.15) is 0 Å². The summed E-state index contributed by atoms with van der Waals surface area (Å²) in [5.41, 5.74) is 0. The molecule has 2 nitrogen and oxygen atoms in total. The number of rotatable bonds is 4. The molecule has 0 saturated heterocycles. The fourth-order valence-electron chi connectivity index (χ4n) is 1.34. The van der Waals surface area contributed by atoms with E-state index >= 15 is 0 Å². The molecule has 0 aliphatic rings.